The first-order valence-electron chi connectivity index (χ1n) is 7.62. The van der Waals surface area contributed by atoms with E-state index in [2.05, 4.69) is 11.3 Å². The maximum atomic E-state index is 10.3. The second-order valence-corrected chi connectivity index (χ2v) is 6.92. The number of hydrogen-bond donors (Lipinski definition) is 4. The van der Waals surface area contributed by atoms with Gasteiger partial charge in [-0.2, -0.15) is 0 Å². The first kappa shape index (κ1) is 16.5. The Balaban J connectivity index is 1.66. The van der Waals surface area contributed by atoms with Gasteiger partial charge in [0.1, 0.15) is 6.61 Å². The third kappa shape index (κ3) is 2.87. The minimum atomic E-state index is -1.42. The maximum absolute atomic E-state index is 10.3. The molecule has 2 fully saturated rings. The zero-order valence-electron chi connectivity index (χ0n) is 12.1. The summed E-state index contributed by atoms with van der Waals surface area (Å²) in [5.74, 6) is -0.497. The number of thioether (sulfide) groups is 1. The van der Waals surface area contributed by atoms with Crippen LogP contribution in [0.15, 0.2) is 0 Å². The van der Waals surface area contributed by atoms with E-state index >= 15 is 0 Å². The molecule has 0 radical (unpaired) electrons. The van der Waals surface area contributed by atoms with Gasteiger partial charge in [-0.15, -0.1) is 0 Å². The van der Waals surface area contributed by atoms with Crippen LogP contribution < -0.4 is 0 Å². The van der Waals surface area contributed by atoms with Crippen LogP contribution in [0, 0.1) is 0 Å². The number of unbranched alkanes of at least 4 members (excludes halogenated alkanes) is 5. The summed E-state index contributed by atoms with van der Waals surface area (Å²) in [4.78, 5) is 0. The largest absolute Gasteiger partial charge is 0.388 e. The van der Waals surface area contributed by atoms with E-state index < -0.39 is 24.1 Å². The summed E-state index contributed by atoms with van der Waals surface area (Å²) >= 11 is 1.58. The molecule has 0 bridgehead atoms. The minimum absolute atomic E-state index is 0.270. The lowest BCUT2D eigenvalue weighted by Gasteiger charge is -2.13. The zero-order valence-corrected chi connectivity index (χ0v) is 12.9. The molecule has 5 nitrogen and oxygen atoms in total. The topological polar surface area (TPSA) is 83.6 Å². The van der Waals surface area contributed by atoms with Gasteiger partial charge in [-0.3, -0.25) is 0 Å². The first-order valence-corrected chi connectivity index (χ1v) is 8.66. The second-order valence-electron chi connectivity index (χ2n) is 5.75. The molecule has 0 aromatic heterocycles. The summed E-state index contributed by atoms with van der Waals surface area (Å²) in [5, 5.41) is 39.1. The summed E-state index contributed by atoms with van der Waals surface area (Å²) < 4.78 is 2.54. The molecule has 0 aliphatic carbocycles. The molecule has 6 heteroatoms. The van der Waals surface area contributed by atoms with Crippen LogP contribution in [0.4, 0.5) is 0 Å². The van der Waals surface area contributed by atoms with Crippen molar-refractivity contribution in [2.45, 2.75) is 75.0 Å². The Hall–Kier alpha value is 0.150. The predicted octanol–water partition coefficient (Wildman–Crippen LogP) is 0.757. The van der Waals surface area contributed by atoms with E-state index in [0.717, 1.165) is 12.2 Å². The standard InChI is InChI=1S/C14H27O5S/c1-2-3-4-5-6-7-8-20-13-14(18)12(17)11(16)10(9-15)19(13)14/h10-13,15-18H,2-9H2,1H3/q+1/t10-,11-,12+,13+,14-/m1/s1. The highest BCUT2D eigenvalue weighted by Crippen LogP contribution is 2.60. The lowest BCUT2D eigenvalue weighted by molar-refractivity contribution is -0.144. The molecule has 0 aromatic rings. The van der Waals surface area contributed by atoms with Crippen molar-refractivity contribution in [3.8, 4) is 0 Å². The third-order valence-corrected chi connectivity index (χ3v) is 5.66. The monoisotopic (exact) mass is 307 g/mol. The molecule has 2 rings (SSSR count). The highest BCUT2D eigenvalue weighted by Gasteiger charge is 2.87. The SMILES string of the molecule is CCCCCCCCS[C@@H]1[O+]2[C@H](CO)[C@@H](O)[C@H](O)[C@]12O. The molecule has 2 aliphatic heterocycles. The smallest absolute Gasteiger partial charge is 0.388 e. The molecule has 0 saturated carbocycles. The molecule has 0 spiro atoms. The second kappa shape index (κ2) is 6.94. The highest BCUT2D eigenvalue weighted by molar-refractivity contribution is 8.00. The van der Waals surface area contributed by atoms with Crippen molar-refractivity contribution in [3.05, 3.63) is 0 Å². The average Bonchev–Trinajstić information content (AvgIpc) is 2.97. The highest BCUT2D eigenvalue weighted by atomic mass is 32.2. The van der Waals surface area contributed by atoms with E-state index in [1.54, 1.807) is 11.8 Å². The van der Waals surface area contributed by atoms with Crippen LogP contribution in [-0.4, -0.2) is 62.3 Å². The molecule has 5 atom stereocenters. The van der Waals surface area contributed by atoms with Crippen LogP contribution in [0.3, 0.4) is 0 Å². The van der Waals surface area contributed by atoms with Crippen molar-refractivity contribution in [3.63, 3.8) is 0 Å². The van der Waals surface area contributed by atoms with E-state index in [1.807, 2.05) is 0 Å². The third-order valence-electron chi connectivity index (χ3n) is 4.29. The molecule has 0 aromatic carbocycles. The van der Waals surface area contributed by atoms with Crippen LogP contribution in [0.1, 0.15) is 45.4 Å². The molecule has 4 N–H and O–H groups in total. The maximum Gasteiger partial charge on any atom is 0.388 e. The molecule has 118 valence electrons. The van der Waals surface area contributed by atoms with Gasteiger partial charge in [0.25, 0.3) is 0 Å². The number of aliphatic hydroxyl groups is 4. The van der Waals surface area contributed by atoms with Gasteiger partial charge >= 0.3 is 11.2 Å². The van der Waals surface area contributed by atoms with Crippen LogP contribution in [0.2, 0.25) is 0 Å². The van der Waals surface area contributed by atoms with E-state index in [1.165, 1.54) is 32.1 Å². The van der Waals surface area contributed by atoms with Crippen molar-refractivity contribution in [1.29, 1.82) is 0 Å². The first-order chi connectivity index (χ1) is 9.58. The van der Waals surface area contributed by atoms with E-state index in [-0.39, 0.29) is 12.0 Å². The Bertz CT molecular complexity index is 316. The van der Waals surface area contributed by atoms with Gasteiger partial charge < -0.3 is 24.8 Å². The number of rotatable bonds is 9. The van der Waals surface area contributed by atoms with Crippen molar-refractivity contribution in [2.75, 3.05) is 12.4 Å². The molecule has 2 saturated heterocycles. The molecular weight excluding hydrogens is 280 g/mol. The number of fused-ring (bicyclic) bond motifs is 1. The van der Waals surface area contributed by atoms with Gasteiger partial charge in [0.05, 0.1) is 0 Å². The Morgan fingerprint density at radius 1 is 1.10 bits per heavy atom. The average molecular weight is 307 g/mol. The Labute approximate surface area is 124 Å². The molecule has 2 aliphatic rings. The van der Waals surface area contributed by atoms with Gasteiger partial charge in [-0.25, -0.2) is 0 Å². The lowest BCUT2D eigenvalue weighted by atomic mass is 10.1. The van der Waals surface area contributed by atoms with Crippen molar-refractivity contribution < 1.29 is 24.8 Å². The number of aliphatic hydroxyl groups excluding tert-OH is 3. The summed E-state index contributed by atoms with van der Waals surface area (Å²) in [7, 11) is 0. The van der Waals surface area contributed by atoms with Crippen LogP contribution in [0.5, 0.6) is 0 Å². The summed E-state index contributed by atoms with van der Waals surface area (Å²) in [5.41, 5.74) is -0.270. The molecule has 0 amide bonds. The molecule has 0 unspecified atom stereocenters. The van der Waals surface area contributed by atoms with Crippen molar-refractivity contribution >= 4 is 11.8 Å². The van der Waals surface area contributed by atoms with Gasteiger partial charge in [0.2, 0.25) is 12.2 Å². The van der Waals surface area contributed by atoms with Gasteiger partial charge in [0, 0.05) is 5.75 Å². The fourth-order valence-electron chi connectivity index (χ4n) is 2.99. The normalized spacial score (nSPS) is 40.0. The van der Waals surface area contributed by atoms with Crippen molar-refractivity contribution in [2.24, 2.45) is 0 Å². The predicted molar refractivity (Wildman–Crippen MR) is 78.5 cm³/mol. The van der Waals surface area contributed by atoms with E-state index in [0.29, 0.717) is 0 Å². The molecular formula is C14H27O5S+. The van der Waals surface area contributed by atoms with Gasteiger partial charge in [-0.05, 0) is 6.42 Å². The minimum Gasteiger partial charge on any atom is -0.388 e. The Morgan fingerprint density at radius 2 is 1.75 bits per heavy atom. The number of hydrogen-bond acceptors (Lipinski definition) is 5. The van der Waals surface area contributed by atoms with Crippen LogP contribution >= 0.6 is 11.8 Å². The molecule has 2 heterocycles. The van der Waals surface area contributed by atoms with Crippen LogP contribution in [0.25, 0.3) is 0 Å². The van der Waals surface area contributed by atoms with Crippen LogP contribution in [-0.2, 0) is 4.37 Å². The van der Waals surface area contributed by atoms with E-state index in [4.69, 9.17) is 0 Å². The summed E-state index contributed by atoms with van der Waals surface area (Å²) in [6.45, 7) is 1.92. The summed E-state index contributed by atoms with van der Waals surface area (Å²) in [6.07, 6.45) is 4.42. The quantitative estimate of drug-likeness (QED) is 0.287. The summed E-state index contributed by atoms with van der Waals surface area (Å²) in [6, 6.07) is 0. The van der Waals surface area contributed by atoms with E-state index in [9.17, 15) is 20.4 Å². The fraction of sp³-hybridized carbons (Fsp3) is 1.00. The van der Waals surface area contributed by atoms with Crippen molar-refractivity contribution in [1.82, 2.24) is 0 Å². The zero-order chi connectivity index (χ0) is 14.8. The molecule has 20 heavy (non-hydrogen) atoms. The van der Waals surface area contributed by atoms with Gasteiger partial charge in [0.15, 0.2) is 6.10 Å². The number of epoxide rings is 1. The van der Waals surface area contributed by atoms with Gasteiger partial charge in [-0.1, -0.05) is 50.8 Å². The Morgan fingerprint density at radius 3 is 2.40 bits per heavy atom. The lowest BCUT2D eigenvalue weighted by Crippen LogP contribution is -2.42. The Kier molecular flexibility index (Phi) is 5.73. The fourth-order valence-corrected chi connectivity index (χ4v) is 4.46.